The quantitative estimate of drug-likeness (QED) is 0.420. The van der Waals surface area contributed by atoms with Gasteiger partial charge in [0.1, 0.15) is 23.1 Å². The Morgan fingerprint density at radius 3 is 2.57 bits per heavy atom. The fraction of sp³-hybridized carbons (Fsp3) is 0.250. The molecule has 2 atom stereocenters. The van der Waals surface area contributed by atoms with Crippen LogP contribution in [0.4, 0.5) is 11.4 Å². The second kappa shape index (κ2) is 7.14. The summed E-state index contributed by atoms with van der Waals surface area (Å²) in [4.78, 5) is 43.1. The van der Waals surface area contributed by atoms with Gasteiger partial charge in [-0.25, -0.2) is 4.90 Å². The van der Waals surface area contributed by atoms with Gasteiger partial charge in [0.15, 0.2) is 0 Å². The third-order valence-electron chi connectivity index (χ3n) is 5.21. The smallest absolute Gasteiger partial charge is 0.278 e. The molecule has 0 spiro atoms. The number of ether oxygens (including phenoxy) is 2. The third kappa shape index (κ3) is 2.76. The summed E-state index contributed by atoms with van der Waals surface area (Å²) in [6, 6.07) is 9.21. The van der Waals surface area contributed by atoms with Gasteiger partial charge in [0.2, 0.25) is 12.0 Å². The maximum atomic E-state index is 13.2. The normalized spacial score (nSPS) is 20.0. The highest BCUT2D eigenvalue weighted by Crippen LogP contribution is 2.40. The van der Waals surface area contributed by atoms with Crippen LogP contribution in [0.5, 0.6) is 11.5 Å². The molecule has 30 heavy (non-hydrogen) atoms. The lowest BCUT2D eigenvalue weighted by Crippen LogP contribution is -2.33. The molecular weight excluding hydrogens is 394 g/mol. The lowest BCUT2D eigenvalue weighted by atomic mass is 9.93. The van der Waals surface area contributed by atoms with Crippen LogP contribution in [0, 0.1) is 23.0 Å². The van der Waals surface area contributed by atoms with Crippen LogP contribution in [0.3, 0.4) is 0 Å². The molecule has 2 amide bonds. The number of hydrogen-bond donors (Lipinski definition) is 0. The van der Waals surface area contributed by atoms with Gasteiger partial charge in [0, 0.05) is 17.7 Å². The van der Waals surface area contributed by atoms with Crippen LogP contribution in [0.25, 0.3) is 0 Å². The molecule has 2 aromatic carbocycles. The molecule has 0 saturated carbocycles. The molecule has 0 unspecified atom stereocenters. The second-order valence-electron chi connectivity index (χ2n) is 6.74. The molecule has 0 bridgehead atoms. The minimum atomic E-state index is -1.14. The van der Waals surface area contributed by atoms with E-state index in [1.807, 2.05) is 0 Å². The Kier molecular flexibility index (Phi) is 4.61. The fourth-order valence-corrected chi connectivity index (χ4v) is 3.70. The van der Waals surface area contributed by atoms with Crippen molar-refractivity contribution in [3.63, 3.8) is 0 Å². The Balaban J connectivity index is 1.75. The van der Waals surface area contributed by atoms with Crippen molar-refractivity contribution < 1.29 is 28.8 Å². The molecule has 0 N–H and O–H groups in total. The van der Waals surface area contributed by atoms with Crippen molar-refractivity contribution in [2.75, 3.05) is 19.1 Å². The van der Waals surface area contributed by atoms with E-state index in [0.717, 1.165) is 4.90 Å². The van der Waals surface area contributed by atoms with Gasteiger partial charge < -0.3 is 14.3 Å². The monoisotopic (exact) mass is 411 g/mol. The molecule has 0 aliphatic carbocycles. The Hall–Kier alpha value is -3.95. The van der Waals surface area contributed by atoms with Crippen molar-refractivity contribution in [3.05, 3.63) is 57.6 Å². The van der Waals surface area contributed by atoms with E-state index in [1.54, 1.807) is 18.2 Å². The molecular formula is C20H17N3O7. The number of anilines is 1. The molecule has 2 aliphatic rings. The number of amides is 2. The van der Waals surface area contributed by atoms with Gasteiger partial charge in [0.25, 0.3) is 11.6 Å². The molecule has 10 heteroatoms. The number of nitro benzene ring substituents is 1. The fourth-order valence-electron chi connectivity index (χ4n) is 3.70. The van der Waals surface area contributed by atoms with Crippen LogP contribution in [0.15, 0.2) is 41.6 Å². The van der Waals surface area contributed by atoms with Gasteiger partial charge in [0.05, 0.1) is 30.4 Å². The largest absolute Gasteiger partial charge is 0.497 e. The number of nitro groups is 1. The summed E-state index contributed by atoms with van der Waals surface area (Å²) < 4.78 is 10.6. The highest BCUT2D eigenvalue weighted by Gasteiger charge is 2.57. The predicted octanol–water partition coefficient (Wildman–Crippen LogP) is 2.21. The van der Waals surface area contributed by atoms with Crippen molar-refractivity contribution in [2.24, 2.45) is 11.1 Å². The molecule has 1 fully saturated rings. The lowest BCUT2D eigenvalue weighted by molar-refractivity contribution is -0.385. The van der Waals surface area contributed by atoms with Crippen LogP contribution in [-0.4, -0.2) is 42.8 Å². The first-order valence-electron chi connectivity index (χ1n) is 8.97. The highest BCUT2D eigenvalue weighted by atomic mass is 16.7. The Labute approximate surface area is 170 Å². The number of nitrogens with zero attached hydrogens (tertiary/aromatic N) is 3. The molecule has 0 radical (unpaired) electrons. The Morgan fingerprint density at radius 1 is 1.13 bits per heavy atom. The Morgan fingerprint density at radius 2 is 1.90 bits per heavy atom. The molecule has 0 aromatic heterocycles. The molecule has 2 aliphatic heterocycles. The van der Waals surface area contributed by atoms with E-state index in [0.29, 0.717) is 17.1 Å². The predicted molar refractivity (Wildman–Crippen MR) is 105 cm³/mol. The summed E-state index contributed by atoms with van der Waals surface area (Å²) >= 11 is 0. The summed E-state index contributed by atoms with van der Waals surface area (Å²) in [5.41, 5.74) is 0.924. The van der Waals surface area contributed by atoms with Crippen molar-refractivity contribution in [3.8, 4) is 11.5 Å². The van der Waals surface area contributed by atoms with Gasteiger partial charge in [-0.15, -0.1) is 0 Å². The van der Waals surface area contributed by atoms with E-state index in [1.165, 1.54) is 39.3 Å². The average Bonchev–Trinajstić information content (AvgIpc) is 3.28. The standard InChI is InChI=1S/C20H17N3O7/c1-10-13(5-4-6-14(10)23(26)27)22-19(24)16-17(21-30-18(16)20(22)25)12-8-7-11(28-2)9-15(12)29-3/h4-9,16,18H,1-3H3/t16-,18-/m0/s1. The van der Waals surface area contributed by atoms with Crippen molar-refractivity contribution in [1.82, 2.24) is 0 Å². The molecule has 10 nitrogen and oxygen atoms in total. The molecule has 4 rings (SSSR count). The molecule has 1 saturated heterocycles. The van der Waals surface area contributed by atoms with E-state index >= 15 is 0 Å². The van der Waals surface area contributed by atoms with Crippen molar-refractivity contribution >= 4 is 28.9 Å². The summed E-state index contributed by atoms with van der Waals surface area (Å²) in [6.45, 7) is 1.49. The SMILES string of the molecule is COc1ccc(C2=NO[C@@H]3C(=O)N(c4cccc([N+](=O)[O-])c4C)C(=O)[C@@H]23)c(OC)c1. The van der Waals surface area contributed by atoms with E-state index < -0.39 is 28.8 Å². The van der Waals surface area contributed by atoms with Gasteiger partial charge in [-0.1, -0.05) is 11.2 Å². The first kappa shape index (κ1) is 19.4. The van der Waals surface area contributed by atoms with Gasteiger partial charge >= 0.3 is 0 Å². The number of rotatable bonds is 5. The van der Waals surface area contributed by atoms with E-state index in [-0.39, 0.29) is 22.6 Å². The summed E-state index contributed by atoms with van der Waals surface area (Å²) in [5.74, 6) is -1.22. The minimum Gasteiger partial charge on any atom is -0.497 e. The van der Waals surface area contributed by atoms with Crippen LogP contribution in [0.2, 0.25) is 0 Å². The van der Waals surface area contributed by atoms with Gasteiger partial charge in [-0.2, -0.15) is 0 Å². The van der Waals surface area contributed by atoms with Crippen LogP contribution < -0.4 is 14.4 Å². The molecule has 2 heterocycles. The zero-order chi connectivity index (χ0) is 21.6. The number of benzene rings is 2. The first-order chi connectivity index (χ1) is 14.4. The highest BCUT2D eigenvalue weighted by molar-refractivity contribution is 6.33. The van der Waals surface area contributed by atoms with Crippen LogP contribution in [0.1, 0.15) is 11.1 Å². The third-order valence-corrected chi connectivity index (χ3v) is 5.21. The molecule has 2 aromatic rings. The minimum absolute atomic E-state index is 0.151. The first-order valence-corrected chi connectivity index (χ1v) is 8.97. The number of carbonyl (C=O) groups is 2. The number of carbonyl (C=O) groups excluding carboxylic acids is 2. The average molecular weight is 411 g/mol. The van der Waals surface area contributed by atoms with Crippen molar-refractivity contribution in [1.29, 1.82) is 0 Å². The summed E-state index contributed by atoms with van der Waals surface area (Å²) in [6.07, 6.45) is -1.14. The Bertz CT molecular complexity index is 1110. The summed E-state index contributed by atoms with van der Waals surface area (Å²) in [5, 5.41) is 15.2. The number of oxime groups is 1. The van der Waals surface area contributed by atoms with Crippen LogP contribution in [-0.2, 0) is 14.4 Å². The number of methoxy groups -OCH3 is 2. The van der Waals surface area contributed by atoms with E-state index in [9.17, 15) is 19.7 Å². The number of hydrogen-bond acceptors (Lipinski definition) is 8. The van der Waals surface area contributed by atoms with Crippen molar-refractivity contribution in [2.45, 2.75) is 13.0 Å². The zero-order valence-electron chi connectivity index (χ0n) is 16.3. The second-order valence-corrected chi connectivity index (χ2v) is 6.74. The van der Waals surface area contributed by atoms with E-state index in [4.69, 9.17) is 14.3 Å². The van der Waals surface area contributed by atoms with Gasteiger partial charge in [-0.3, -0.25) is 19.7 Å². The van der Waals surface area contributed by atoms with E-state index in [2.05, 4.69) is 5.16 Å². The molecule has 154 valence electrons. The number of imide groups is 1. The number of fused-ring (bicyclic) bond motifs is 1. The zero-order valence-corrected chi connectivity index (χ0v) is 16.3. The maximum Gasteiger partial charge on any atom is 0.278 e. The summed E-state index contributed by atoms with van der Waals surface area (Å²) in [7, 11) is 2.98. The maximum absolute atomic E-state index is 13.2. The lowest BCUT2D eigenvalue weighted by Gasteiger charge is -2.18. The van der Waals surface area contributed by atoms with Crippen LogP contribution >= 0.6 is 0 Å². The van der Waals surface area contributed by atoms with Gasteiger partial charge in [-0.05, 0) is 25.1 Å². The topological polar surface area (TPSA) is 121 Å².